The Morgan fingerprint density at radius 3 is 2.31 bits per heavy atom. The number of hydrogen-bond donors (Lipinski definition) is 6. The third-order valence-electron chi connectivity index (χ3n) is 11.8. The van der Waals surface area contributed by atoms with Crippen LogP contribution in [0.15, 0.2) is 138 Å². The standard InChI is InChI=1S/C51H55N5O9/c1-55(28-25-53-49(61)38-17-15-35(16-18-38)30-52-31-45(58)42-19-21-44(57)48-43(42)20-22-46(59)54-48)47(60)34-64-41-14-8-13-40(29-41)51(63,39-11-6-3-7-12-39)50(62)65-33-37-23-26-56(27-24-37)32-36-9-4-2-5-10-36/h2-22,29,37,45,52,57-58,63H,23-28,30-34H2,1H3,(H,53,61)(H,54,59)/t45-,51?/m0/s1. The number of esters is 1. The second-order valence-corrected chi connectivity index (χ2v) is 16.4. The van der Waals surface area contributed by atoms with Crippen LogP contribution in [0.4, 0.5) is 0 Å². The summed E-state index contributed by atoms with van der Waals surface area (Å²) in [6.45, 7) is 3.57. The molecule has 2 heterocycles. The first-order chi connectivity index (χ1) is 31.5. The third kappa shape index (κ3) is 11.8. The number of carbonyl (C=O) groups excluding carboxylic acids is 3. The van der Waals surface area contributed by atoms with Crippen LogP contribution in [0.2, 0.25) is 0 Å². The summed E-state index contributed by atoms with van der Waals surface area (Å²) in [4.78, 5) is 58.0. The van der Waals surface area contributed by atoms with E-state index in [1.165, 1.54) is 22.6 Å². The van der Waals surface area contributed by atoms with E-state index in [1.54, 1.807) is 98.0 Å². The number of aliphatic hydroxyl groups excluding tert-OH is 1. The van der Waals surface area contributed by atoms with Crippen molar-refractivity contribution in [3.63, 3.8) is 0 Å². The normalized spacial score (nSPS) is 14.6. The molecule has 1 aromatic heterocycles. The Labute approximate surface area is 377 Å². The highest BCUT2D eigenvalue weighted by Gasteiger charge is 2.42. The number of aliphatic hydroxyl groups is 2. The minimum atomic E-state index is -2.12. The summed E-state index contributed by atoms with van der Waals surface area (Å²) in [6, 6.07) is 38.4. The van der Waals surface area contributed by atoms with Crippen molar-refractivity contribution >= 4 is 28.7 Å². The van der Waals surface area contributed by atoms with Crippen molar-refractivity contribution in [2.24, 2.45) is 5.92 Å². The van der Waals surface area contributed by atoms with E-state index >= 15 is 0 Å². The fourth-order valence-electron chi connectivity index (χ4n) is 7.95. The smallest absolute Gasteiger partial charge is 0.347 e. The minimum absolute atomic E-state index is 0.0791. The first-order valence-corrected chi connectivity index (χ1v) is 21.8. The van der Waals surface area contributed by atoms with Crippen LogP contribution in [0.25, 0.3) is 10.9 Å². The van der Waals surface area contributed by atoms with E-state index < -0.39 is 17.7 Å². The fraction of sp³-hybridized carbons (Fsp3) is 0.294. The Morgan fingerprint density at radius 2 is 1.57 bits per heavy atom. The molecular formula is C51H55N5O9. The molecule has 14 nitrogen and oxygen atoms in total. The lowest BCUT2D eigenvalue weighted by molar-refractivity contribution is -0.164. The van der Waals surface area contributed by atoms with Gasteiger partial charge in [0.15, 0.2) is 6.61 Å². The number of hydrogen-bond acceptors (Lipinski definition) is 11. The van der Waals surface area contributed by atoms with Crippen LogP contribution in [-0.4, -0.2) is 101 Å². The Balaban J connectivity index is 0.850. The van der Waals surface area contributed by atoms with Crippen molar-refractivity contribution in [1.29, 1.82) is 0 Å². The molecule has 14 heteroatoms. The number of likely N-dealkylation sites (N-methyl/N-ethyl adjacent to an activating group) is 1. The summed E-state index contributed by atoms with van der Waals surface area (Å²) in [5.74, 6) is -1.06. The molecule has 1 aliphatic rings. The van der Waals surface area contributed by atoms with Gasteiger partial charge in [0.25, 0.3) is 11.8 Å². The number of aromatic hydroxyl groups is 1. The summed E-state index contributed by atoms with van der Waals surface area (Å²) >= 11 is 0. The number of aromatic amines is 1. The van der Waals surface area contributed by atoms with Crippen LogP contribution in [0.5, 0.6) is 11.5 Å². The van der Waals surface area contributed by atoms with Crippen LogP contribution in [-0.2, 0) is 33.0 Å². The van der Waals surface area contributed by atoms with Crippen molar-refractivity contribution < 1.29 is 39.2 Å². The van der Waals surface area contributed by atoms with Crippen LogP contribution in [0.3, 0.4) is 0 Å². The molecule has 0 bridgehead atoms. The number of ether oxygens (including phenoxy) is 2. The second-order valence-electron chi connectivity index (χ2n) is 16.4. The molecule has 65 heavy (non-hydrogen) atoms. The first-order valence-electron chi connectivity index (χ1n) is 21.8. The zero-order valence-electron chi connectivity index (χ0n) is 36.3. The number of carbonyl (C=O) groups is 3. The van der Waals surface area contributed by atoms with Gasteiger partial charge in [-0.05, 0) is 90.5 Å². The minimum Gasteiger partial charge on any atom is -0.506 e. The van der Waals surface area contributed by atoms with Gasteiger partial charge in [0.1, 0.15) is 11.5 Å². The molecule has 0 spiro atoms. The lowest BCUT2D eigenvalue weighted by Gasteiger charge is -2.33. The molecule has 338 valence electrons. The van der Waals surface area contributed by atoms with Crippen molar-refractivity contribution in [2.75, 3.05) is 53.0 Å². The number of nitrogens with zero attached hydrogens (tertiary/aromatic N) is 2. The van der Waals surface area contributed by atoms with Gasteiger partial charge in [-0.25, -0.2) is 4.79 Å². The number of pyridine rings is 1. The number of phenols is 1. The number of rotatable bonds is 19. The summed E-state index contributed by atoms with van der Waals surface area (Å²) < 4.78 is 11.7. The lowest BCUT2D eigenvalue weighted by Crippen LogP contribution is -2.40. The zero-order valence-corrected chi connectivity index (χ0v) is 36.3. The highest BCUT2D eigenvalue weighted by molar-refractivity contribution is 5.94. The maximum Gasteiger partial charge on any atom is 0.347 e. The molecule has 0 radical (unpaired) electrons. The van der Waals surface area contributed by atoms with Crippen molar-refractivity contribution in [2.45, 2.75) is 37.6 Å². The van der Waals surface area contributed by atoms with Crippen LogP contribution < -0.4 is 20.9 Å². The van der Waals surface area contributed by atoms with E-state index in [4.69, 9.17) is 9.47 Å². The predicted molar refractivity (Wildman–Crippen MR) is 246 cm³/mol. The van der Waals surface area contributed by atoms with Crippen LogP contribution >= 0.6 is 0 Å². The molecule has 1 fully saturated rings. The largest absolute Gasteiger partial charge is 0.506 e. The highest BCUT2D eigenvalue weighted by Crippen LogP contribution is 2.34. The number of benzene rings is 5. The Bertz CT molecular complexity index is 2600. The molecule has 1 aliphatic heterocycles. The number of nitrogens with one attached hydrogen (secondary N) is 3. The topological polar surface area (TPSA) is 194 Å². The van der Waals surface area contributed by atoms with E-state index in [0.717, 1.165) is 38.0 Å². The zero-order chi connectivity index (χ0) is 45.8. The molecule has 2 atom stereocenters. The first kappa shape index (κ1) is 46.2. The molecule has 0 aliphatic carbocycles. The molecular weight excluding hydrogens is 827 g/mol. The Morgan fingerprint density at radius 1 is 0.862 bits per heavy atom. The molecule has 7 rings (SSSR count). The third-order valence-corrected chi connectivity index (χ3v) is 11.8. The summed E-state index contributed by atoms with van der Waals surface area (Å²) in [5, 5.41) is 39.7. The maximum atomic E-state index is 13.8. The van der Waals surface area contributed by atoms with Gasteiger partial charge < -0.3 is 45.3 Å². The molecule has 6 aromatic rings. The predicted octanol–water partition coefficient (Wildman–Crippen LogP) is 5.02. The van der Waals surface area contributed by atoms with E-state index in [1.807, 2.05) is 18.2 Å². The van der Waals surface area contributed by atoms with Crippen molar-refractivity contribution in [3.05, 3.63) is 177 Å². The van der Waals surface area contributed by atoms with E-state index in [-0.39, 0.29) is 78.7 Å². The van der Waals surface area contributed by atoms with Crippen LogP contribution in [0, 0.1) is 5.92 Å². The molecule has 5 aromatic carbocycles. The monoisotopic (exact) mass is 881 g/mol. The van der Waals surface area contributed by atoms with E-state index in [2.05, 4.69) is 32.7 Å². The SMILES string of the molecule is CN(CCNC(=O)c1ccc(CNC[C@H](O)c2ccc(O)c3[nH]c(=O)ccc23)cc1)C(=O)COc1cccc(C(O)(C(=O)OCC2CCN(Cc3ccccc3)CC2)c2ccccc2)c1. The van der Waals surface area contributed by atoms with E-state index in [0.29, 0.717) is 28.6 Å². The van der Waals surface area contributed by atoms with Crippen molar-refractivity contribution in [3.8, 4) is 11.5 Å². The maximum absolute atomic E-state index is 13.8. The van der Waals surface area contributed by atoms with Gasteiger partial charge in [0, 0.05) is 62.4 Å². The average Bonchev–Trinajstić information content (AvgIpc) is 3.33. The summed E-state index contributed by atoms with van der Waals surface area (Å²) in [7, 11) is 1.61. The second kappa shape index (κ2) is 21.7. The van der Waals surface area contributed by atoms with Gasteiger partial charge in [-0.3, -0.25) is 19.3 Å². The molecule has 1 unspecified atom stereocenters. The number of H-pyrrole nitrogens is 1. The van der Waals surface area contributed by atoms with Gasteiger partial charge in [0.05, 0.1) is 18.2 Å². The Kier molecular flexibility index (Phi) is 15.4. The number of piperidine rings is 1. The highest BCUT2D eigenvalue weighted by atomic mass is 16.5. The molecule has 0 saturated carbocycles. The van der Waals surface area contributed by atoms with Crippen molar-refractivity contribution in [1.82, 2.24) is 25.4 Å². The number of aromatic nitrogens is 1. The van der Waals surface area contributed by atoms with Gasteiger partial charge >= 0.3 is 5.97 Å². The number of likely N-dealkylation sites (tertiary alicyclic amines) is 1. The average molecular weight is 882 g/mol. The summed E-state index contributed by atoms with van der Waals surface area (Å²) in [6.07, 6.45) is 0.843. The van der Waals surface area contributed by atoms with Gasteiger partial charge in [0.2, 0.25) is 11.2 Å². The van der Waals surface area contributed by atoms with Crippen LogP contribution in [0.1, 0.15) is 57.1 Å². The molecule has 6 N–H and O–H groups in total. The van der Waals surface area contributed by atoms with Gasteiger partial charge in [-0.2, -0.15) is 0 Å². The van der Waals surface area contributed by atoms with Gasteiger partial charge in [-0.1, -0.05) is 91.0 Å². The van der Waals surface area contributed by atoms with E-state index in [9.17, 15) is 34.5 Å². The fourth-order valence-corrected chi connectivity index (χ4v) is 7.95. The number of phenolic OH excluding ortho intramolecular Hbond substituents is 1. The molecule has 2 amide bonds. The van der Waals surface area contributed by atoms with Gasteiger partial charge in [-0.15, -0.1) is 0 Å². The summed E-state index contributed by atoms with van der Waals surface area (Å²) in [5.41, 5.74) is 1.53. The number of amides is 2. The quantitative estimate of drug-likeness (QED) is 0.0599. The Hall–Kier alpha value is -6.84. The lowest BCUT2D eigenvalue weighted by atomic mass is 9.86. The molecule has 1 saturated heterocycles. The number of fused-ring (bicyclic) bond motifs is 1.